The van der Waals surface area contributed by atoms with Crippen LogP contribution in [-0.4, -0.2) is 37.8 Å². The van der Waals surface area contributed by atoms with E-state index in [1.807, 2.05) is 18.2 Å². The van der Waals surface area contributed by atoms with Crippen LogP contribution in [0.25, 0.3) is 0 Å². The van der Waals surface area contributed by atoms with Crippen molar-refractivity contribution in [2.45, 2.75) is 37.1 Å². The number of amides is 2. The van der Waals surface area contributed by atoms with E-state index < -0.39 is 21.8 Å². The van der Waals surface area contributed by atoms with Crippen molar-refractivity contribution in [1.82, 2.24) is 15.0 Å². The number of rotatable bonds is 7. The Bertz CT molecular complexity index is 1200. The van der Waals surface area contributed by atoms with E-state index in [9.17, 15) is 18.0 Å². The van der Waals surface area contributed by atoms with E-state index in [1.165, 1.54) is 36.0 Å². The molecule has 184 valence electrons. The third-order valence-electron chi connectivity index (χ3n) is 5.15. The first-order valence-corrected chi connectivity index (χ1v) is 12.4. The molecule has 1 aromatic heterocycles. The van der Waals surface area contributed by atoms with Crippen LogP contribution in [0.15, 0.2) is 84.0 Å². The molecule has 34 heavy (non-hydrogen) atoms. The third-order valence-corrected chi connectivity index (χ3v) is 6.69. The second-order valence-electron chi connectivity index (χ2n) is 7.90. The molecule has 2 amide bonds. The van der Waals surface area contributed by atoms with Gasteiger partial charge in [-0.25, -0.2) is 13.1 Å². The Hall–Kier alpha value is -3.56. The summed E-state index contributed by atoms with van der Waals surface area (Å²) in [6.07, 6.45) is 5.71. The Labute approximate surface area is 204 Å². The zero-order chi connectivity index (χ0) is 24.4. The zero-order valence-corrected chi connectivity index (χ0v) is 19.7. The summed E-state index contributed by atoms with van der Waals surface area (Å²) < 4.78 is 27.1. The highest BCUT2D eigenvalue weighted by molar-refractivity contribution is 7.89. The van der Waals surface area contributed by atoms with Crippen molar-refractivity contribution in [1.29, 1.82) is 0 Å². The molecule has 9 heteroatoms. The predicted molar refractivity (Wildman–Crippen MR) is 137 cm³/mol. The maximum atomic E-state index is 12.2. The maximum Gasteiger partial charge on any atom is 0.253 e. The van der Waals surface area contributed by atoms with Crippen LogP contribution in [-0.2, 0) is 14.8 Å². The van der Waals surface area contributed by atoms with Crippen LogP contribution in [0.5, 0.6) is 0 Å². The lowest BCUT2D eigenvalue weighted by Gasteiger charge is -2.26. The molecule has 0 radical (unpaired) electrons. The van der Waals surface area contributed by atoms with Gasteiger partial charge in [-0.15, -0.1) is 0 Å². The Morgan fingerprint density at radius 2 is 1.71 bits per heavy atom. The van der Waals surface area contributed by atoms with Crippen LogP contribution < -0.4 is 15.4 Å². The SMILES string of the molecule is Cc1ccccc1.O=C(CNC(=O)c1cccnc1)Nc1ccc(S(=O)(=O)NC2CCC2)cc1.[HH].[HH].[HH]. The molecule has 3 N–H and O–H groups in total. The van der Waals surface area contributed by atoms with Crippen LogP contribution in [0.3, 0.4) is 0 Å². The molecule has 3 aromatic rings. The van der Waals surface area contributed by atoms with Gasteiger partial charge in [0.15, 0.2) is 0 Å². The molecule has 0 spiro atoms. The molecule has 1 heterocycles. The first kappa shape index (κ1) is 25.1. The van der Waals surface area contributed by atoms with Crippen molar-refractivity contribution in [2.24, 2.45) is 0 Å². The number of nitrogens with zero attached hydrogens (tertiary/aromatic N) is 1. The van der Waals surface area contributed by atoms with E-state index in [0.29, 0.717) is 11.3 Å². The van der Waals surface area contributed by atoms with Gasteiger partial charge in [-0.1, -0.05) is 42.3 Å². The topological polar surface area (TPSA) is 117 Å². The van der Waals surface area contributed by atoms with E-state index in [2.05, 4.69) is 39.4 Å². The first-order chi connectivity index (χ1) is 16.3. The summed E-state index contributed by atoms with van der Waals surface area (Å²) in [5.41, 5.74) is 2.12. The Balaban J connectivity index is 0.00000113. The van der Waals surface area contributed by atoms with Gasteiger partial charge in [0.1, 0.15) is 0 Å². The second kappa shape index (κ2) is 12.1. The molecule has 1 aliphatic rings. The van der Waals surface area contributed by atoms with Crippen LogP contribution in [0.2, 0.25) is 0 Å². The van der Waals surface area contributed by atoms with Gasteiger partial charge in [0.2, 0.25) is 15.9 Å². The minimum absolute atomic E-state index is 0. The van der Waals surface area contributed by atoms with Crippen molar-refractivity contribution in [2.75, 3.05) is 11.9 Å². The summed E-state index contributed by atoms with van der Waals surface area (Å²) in [4.78, 5) is 27.8. The normalized spacial score (nSPS) is 13.1. The monoisotopic (exact) mass is 486 g/mol. The summed E-state index contributed by atoms with van der Waals surface area (Å²) in [5, 5.41) is 5.10. The summed E-state index contributed by atoms with van der Waals surface area (Å²) in [5.74, 6) is -0.822. The zero-order valence-electron chi connectivity index (χ0n) is 18.9. The maximum absolute atomic E-state index is 12.2. The van der Waals surface area contributed by atoms with Crippen molar-refractivity contribution in [3.8, 4) is 0 Å². The number of anilines is 1. The largest absolute Gasteiger partial charge is 0.343 e. The van der Waals surface area contributed by atoms with Gasteiger partial charge in [-0.2, -0.15) is 0 Å². The lowest BCUT2D eigenvalue weighted by Crippen LogP contribution is -2.39. The molecular weight excluding hydrogens is 452 g/mol. The lowest BCUT2D eigenvalue weighted by atomic mass is 9.94. The van der Waals surface area contributed by atoms with Crippen LogP contribution in [0.4, 0.5) is 5.69 Å². The average molecular weight is 487 g/mol. The lowest BCUT2D eigenvalue weighted by molar-refractivity contribution is -0.115. The van der Waals surface area contributed by atoms with Crippen LogP contribution in [0, 0.1) is 6.92 Å². The third kappa shape index (κ3) is 7.79. The molecular formula is C25H34N4O4S. The molecule has 0 saturated heterocycles. The summed E-state index contributed by atoms with van der Waals surface area (Å²) in [7, 11) is -3.54. The van der Waals surface area contributed by atoms with Gasteiger partial charge in [-0.05, 0) is 56.2 Å². The molecule has 0 unspecified atom stereocenters. The molecule has 8 nitrogen and oxygen atoms in total. The number of carbonyl (C=O) groups is 2. The second-order valence-corrected chi connectivity index (χ2v) is 9.61. The number of sulfonamides is 1. The quantitative estimate of drug-likeness (QED) is 0.466. The fourth-order valence-corrected chi connectivity index (χ4v) is 4.34. The van der Waals surface area contributed by atoms with Gasteiger partial charge in [0.25, 0.3) is 5.91 Å². The van der Waals surface area contributed by atoms with Crippen molar-refractivity contribution >= 4 is 27.5 Å². The van der Waals surface area contributed by atoms with E-state index in [4.69, 9.17) is 0 Å². The predicted octanol–water partition coefficient (Wildman–Crippen LogP) is 4.01. The van der Waals surface area contributed by atoms with Gasteiger partial charge in [-0.3, -0.25) is 14.6 Å². The number of benzene rings is 2. The van der Waals surface area contributed by atoms with E-state index in [1.54, 1.807) is 18.3 Å². The number of pyridine rings is 1. The molecule has 0 bridgehead atoms. The van der Waals surface area contributed by atoms with E-state index >= 15 is 0 Å². The van der Waals surface area contributed by atoms with Crippen LogP contribution in [0.1, 0.15) is 39.5 Å². The highest BCUT2D eigenvalue weighted by atomic mass is 32.2. The molecule has 1 fully saturated rings. The average Bonchev–Trinajstić information content (AvgIpc) is 2.82. The Morgan fingerprint density at radius 1 is 1.00 bits per heavy atom. The summed E-state index contributed by atoms with van der Waals surface area (Å²) >= 11 is 0. The molecule has 2 aromatic carbocycles. The highest BCUT2D eigenvalue weighted by Gasteiger charge is 2.24. The molecule has 1 saturated carbocycles. The van der Waals surface area contributed by atoms with Crippen molar-refractivity contribution in [3.63, 3.8) is 0 Å². The van der Waals surface area contributed by atoms with E-state index in [-0.39, 0.29) is 21.8 Å². The Kier molecular flexibility index (Phi) is 8.89. The number of hydrogen-bond acceptors (Lipinski definition) is 5. The van der Waals surface area contributed by atoms with Gasteiger partial charge in [0.05, 0.1) is 17.0 Å². The van der Waals surface area contributed by atoms with Gasteiger partial charge < -0.3 is 10.6 Å². The first-order valence-electron chi connectivity index (χ1n) is 11.0. The number of hydrogen-bond donors (Lipinski definition) is 3. The fourth-order valence-electron chi connectivity index (χ4n) is 3.03. The van der Waals surface area contributed by atoms with Crippen molar-refractivity contribution < 1.29 is 22.3 Å². The van der Waals surface area contributed by atoms with Gasteiger partial charge in [0, 0.05) is 28.4 Å². The summed E-state index contributed by atoms with van der Waals surface area (Å²) in [6.45, 7) is 1.87. The Morgan fingerprint density at radius 3 is 2.24 bits per heavy atom. The van der Waals surface area contributed by atoms with Crippen molar-refractivity contribution in [3.05, 3.63) is 90.3 Å². The smallest absolute Gasteiger partial charge is 0.253 e. The number of nitrogens with one attached hydrogen (secondary N) is 3. The molecule has 0 atom stereocenters. The minimum Gasteiger partial charge on any atom is -0.343 e. The number of carbonyl (C=O) groups excluding carboxylic acids is 2. The van der Waals surface area contributed by atoms with E-state index in [0.717, 1.165) is 19.3 Å². The highest BCUT2D eigenvalue weighted by Crippen LogP contribution is 2.21. The molecule has 4 rings (SSSR count). The van der Waals surface area contributed by atoms with Gasteiger partial charge >= 0.3 is 0 Å². The molecule has 1 aliphatic carbocycles. The van der Waals surface area contributed by atoms with Crippen LogP contribution >= 0.6 is 0 Å². The number of aromatic nitrogens is 1. The fraction of sp³-hybridized carbons (Fsp3) is 0.240. The molecule has 0 aliphatic heterocycles. The summed E-state index contributed by atoms with van der Waals surface area (Å²) in [6, 6.07) is 19.4. The minimum atomic E-state index is -3.54. The standard InChI is InChI=1S/C18H20N4O4S.C7H8.3H2/c23-17(12-20-18(24)13-3-2-10-19-11-13)21-14-6-8-16(9-7-14)27(25,26)22-15-4-1-5-15;1-7-5-3-2-4-6-7;;;/h2-3,6-11,15,22H,1,4-5,12H2,(H,20,24)(H,21,23);2-6H,1H3;3*1H. The number of aryl methyl sites for hydroxylation is 1.